The molecule has 0 aromatic rings. The molecule has 0 rings (SSSR count). The zero-order valence-electron chi connectivity index (χ0n) is 9.42. The lowest BCUT2D eigenvalue weighted by atomic mass is 10.0. The van der Waals surface area contributed by atoms with E-state index in [4.69, 9.17) is 0 Å². The molecule has 0 fully saturated rings. The van der Waals surface area contributed by atoms with Gasteiger partial charge in [0.1, 0.15) is 0 Å². The van der Waals surface area contributed by atoms with E-state index < -0.39 is 0 Å². The summed E-state index contributed by atoms with van der Waals surface area (Å²) in [6, 6.07) is 0. The van der Waals surface area contributed by atoms with Crippen molar-refractivity contribution in [3.8, 4) is 0 Å². The Morgan fingerprint density at radius 1 is 1.15 bits per heavy atom. The van der Waals surface area contributed by atoms with Crippen LogP contribution in [0.4, 0.5) is 0 Å². The summed E-state index contributed by atoms with van der Waals surface area (Å²) in [7, 11) is 0. The van der Waals surface area contributed by atoms with Crippen LogP contribution < -0.4 is 0 Å². The molecule has 0 aromatic carbocycles. The van der Waals surface area contributed by atoms with Gasteiger partial charge >= 0.3 is 0 Å². The number of rotatable bonds is 7. The van der Waals surface area contributed by atoms with Crippen LogP contribution in [0.2, 0.25) is 0 Å². The van der Waals surface area contributed by atoms with Crippen LogP contribution in [-0.4, -0.2) is 0 Å². The first-order valence-corrected chi connectivity index (χ1v) is 5.44. The van der Waals surface area contributed by atoms with Crippen LogP contribution in [0.5, 0.6) is 0 Å². The van der Waals surface area contributed by atoms with E-state index in [1.165, 1.54) is 25.7 Å². The van der Waals surface area contributed by atoms with Gasteiger partial charge in [0, 0.05) is 0 Å². The monoisotopic (exact) mass is 180 g/mol. The zero-order chi connectivity index (χ0) is 10.1. The van der Waals surface area contributed by atoms with Gasteiger partial charge in [-0.15, -0.1) is 6.58 Å². The quantitative estimate of drug-likeness (QED) is 0.397. The van der Waals surface area contributed by atoms with E-state index in [0.717, 1.165) is 5.92 Å². The van der Waals surface area contributed by atoms with Crippen molar-refractivity contribution >= 4 is 0 Å². The molecule has 0 saturated carbocycles. The smallest absolute Gasteiger partial charge is 0.0265 e. The lowest BCUT2D eigenvalue weighted by molar-refractivity contribution is 0.610. The minimum absolute atomic E-state index is 0.679. The predicted octanol–water partition coefficient (Wildman–Crippen LogP) is 4.58. The van der Waals surface area contributed by atoms with Gasteiger partial charge in [-0.05, 0) is 37.5 Å². The molecule has 0 radical (unpaired) electrons. The molecule has 0 heteroatoms. The highest BCUT2D eigenvalue weighted by Crippen LogP contribution is 2.09. The summed E-state index contributed by atoms with van der Waals surface area (Å²) in [6.07, 6.45) is 11.7. The highest BCUT2D eigenvalue weighted by molar-refractivity contribution is 4.83. The third-order valence-corrected chi connectivity index (χ3v) is 2.21. The summed E-state index contributed by atoms with van der Waals surface area (Å²) in [5.74, 6) is 1.47. The van der Waals surface area contributed by atoms with Gasteiger partial charge < -0.3 is 0 Å². The van der Waals surface area contributed by atoms with Crippen molar-refractivity contribution in [3.05, 3.63) is 24.8 Å². The SMILES string of the molecule is C=CC(C)CCCC=CCC(C)C. The van der Waals surface area contributed by atoms with Crippen molar-refractivity contribution in [2.45, 2.75) is 46.5 Å². The first-order chi connectivity index (χ1) is 6.16. The van der Waals surface area contributed by atoms with E-state index in [0.29, 0.717) is 5.92 Å². The van der Waals surface area contributed by atoms with Crippen LogP contribution in [-0.2, 0) is 0 Å². The van der Waals surface area contributed by atoms with Crippen molar-refractivity contribution in [2.75, 3.05) is 0 Å². The summed E-state index contributed by atoms with van der Waals surface area (Å²) in [6.45, 7) is 10.5. The number of hydrogen-bond acceptors (Lipinski definition) is 0. The molecule has 0 bridgehead atoms. The molecule has 0 spiro atoms. The van der Waals surface area contributed by atoms with E-state index in [-0.39, 0.29) is 0 Å². The van der Waals surface area contributed by atoms with E-state index in [2.05, 4.69) is 39.5 Å². The Labute approximate surface area is 83.7 Å². The van der Waals surface area contributed by atoms with E-state index in [1.807, 2.05) is 6.08 Å². The maximum Gasteiger partial charge on any atom is -0.0265 e. The summed E-state index contributed by atoms with van der Waals surface area (Å²) < 4.78 is 0. The average Bonchev–Trinajstić information content (AvgIpc) is 2.10. The molecular formula is C13H24. The van der Waals surface area contributed by atoms with Crippen LogP contribution in [0.15, 0.2) is 24.8 Å². The molecule has 0 aliphatic heterocycles. The largest absolute Gasteiger partial charge is 0.103 e. The summed E-state index contributed by atoms with van der Waals surface area (Å²) in [4.78, 5) is 0. The fourth-order valence-corrected chi connectivity index (χ4v) is 1.16. The highest BCUT2D eigenvalue weighted by Gasteiger charge is 1.93. The Hall–Kier alpha value is -0.520. The third-order valence-electron chi connectivity index (χ3n) is 2.21. The molecule has 76 valence electrons. The third kappa shape index (κ3) is 9.39. The molecule has 0 aromatic heterocycles. The zero-order valence-corrected chi connectivity index (χ0v) is 9.42. The summed E-state index contributed by atoms with van der Waals surface area (Å²) in [5.41, 5.74) is 0. The summed E-state index contributed by atoms with van der Waals surface area (Å²) in [5, 5.41) is 0. The maximum atomic E-state index is 3.78. The fraction of sp³-hybridized carbons (Fsp3) is 0.692. The molecule has 0 amide bonds. The van der Waals surface area contributed by atoms with E-state index >= 15 is 0 Å². The van der Waals surface area contributed by atoms with Gasteiger partial charge in [0.05, 0.1) is 0 Å². The number of hydrogen-bond donors (Lipinski definition) is 0. The number of allylic oxidation sites excluding steroid dienone is 3. The maximum absolute atomic E-state index is 3.78. The van der Waals surface area contributed by atoms with Crippen LogP contribution in [0.25, 0.3) is 0 Å². The minimum atomic E-state index is 0.679. The lowest BCUT2D eigenvalue weighted by Crippen LogP contribution is -1.87. The lowest BCUT2D eigenvalue weighted by Gasteiger charge is -2.02. The van der Waals surface area contributed by atoms with Crippen molar-refractivity contribution in [1.29, 1.82) is 0 Å². The minimum Gasteiger partial charge on any atom is -0.103 e. The van der Waals surface area contributed by atoms with Gasteiger partial charge in [0.15, 0.2) is 0 Å². The molecular weight excluding hydrogens is 156 g/mol. The first kappa shape index (κ1) is 12.5. The molecule has 0 heterocycles. The van der Waals surface area contributed by atoms with Crippen molar-refractivity contribution < 1.29 is 0 Å². The van der Waals surface area contributed by atoms with Gasteiger partial charge in [-0.25, -0.2) is 0 Å². The van der Waals surface area contributed by atoms with E-state index in [1.54, 1.807) is 0 Å². The number of unbranched alkanes of at least 4 members (excludes halogenated alkanes) is 1. The second kappa shape index (κ2) is 8.10. The first-order valence-electron chi connectivity index (χ1n) is 5.44. The average molecular weight is 180 g/mol. The Morgan fingerprint density at radius 2 is 1.85 bits per heavy atom. The van der Waals surface area contributed by atoms with Gasteiger partial charge in [-0.1, -0.05) is 39.0 Å². The molecule has 0 aliphatic carbocycles. The van der Waals surface area contributed by atoms with Crippen LogP contribution in [0.3, 0.4) is 0 Å². The Balaban J connectivity index is 3.24. The Morgan fingerprint density at radius 3 is 2.38 bits per heavy atom. The van der Waals surface area contributed by atoms with Gasteiger partial charge in [0.25, 0.3) is 0 Å². The topological polar surface area (TPSA) is 0 Å². The van der Waals surface area contributed by atoms with Crippen molar-refractivity contribution in [1.82, 2.24) is 0 Å². The normalized spacial score (nSPS) is 13.8. The fourth-order valence-electron chi connectivity index (χ4n) is 1.16. The van der Waals surface area contributed by atoms with Gasteiger partial charge in [-0.2, -0.15) is 0 Å². The van der Waals surface area contributed by atoms with Crippen molar-refractivity contribution in [3.63, 3.8) is 0 Å². The summed E-state index contributed by atoms with van der Waals surface area (Å²) >= 11 is 0. The molecule has 0 nitrogen and oxygen atoms in total. The van der Waals surface area contributed by atoms with Crippen molar-refractivity contribution in [2.24, 2.45) is 11.8 Å². The second-order valence-corrected chi connectivity index (χ2v) is 4.24. The molecule has 1 atom stereocenters. The standard InChI is InChI=1S/C13H24/c1-5-13(4)11-9-7-6-8-10-12(2)3/h5-6,8,12-13H,1,7,9-11H2,2-4H3. The highest BCUT2D eigenvalue weighted by atomic mass is 14.0. The molecule has 13 heavy (non-hydrogen) atoms. The molecule has 0 aliphatic rings. The van der Waals surface area contributed by atoms with Crippen LogP contribution in [0, 0.1) is 11.8 Å². The Kier molecular flexibility index (Phi) is 7.77. The Bertz CT molecular complexity index is 142. The molecule has 0 N–H and O–H groups in total. The second-order valence-electron chi connectivity index (χ2n) is 4.24. The molecule has 0 saturated heterocycles. The van der Waals surface area contributed by atoms with Gasteiger partial charge in [-0.3, -0.25) is 0 Å². The predicted molar refractivity (Wildman–Crippen MR) is 61.8 cm³/mol. The molecule has 1 unspecified atom stereocenters. The van der Waals surface area contributed by atoms with Crippen LogP contribution in [0.1, 0.15) is 46.5 Å². The van der Waals surface area contributed by atoms with Crippen LogP contribution >= 0.6 is 0 Å². The van der Waals surface area contributed by atoms with Gasteiger partial charge in [0.2, 0.25) is 0 Å². The van der Waals surface area contributed by atoms with E-state index in [9.17, 15) is 0 Å².